The molecule has 1 amide bonds. The number of rotatable bonds is 4. The highest BCUT2D eigenvalue weighted by molar-refractivity contribution is 6.17. The quantitative estimate of drug-likeness (QED) is 0.376. The van der Waals surface area contributed by atoms with Crippen LogP contribution in [-0.4, -0.2) is 18.4 Å². The van der Waals surface area contributed by atoms with Crippen molar-refractivity contribution in [3.05, 3.63) is 0 Å². The van der Waals surface area contributed by atoms with Gasteiger partial charge in [-0.3, -0.25) is 9.63 Å². The van der Waals surface area contributed by atoms with E-state index in [9.17, 15) is 4.79 Å². The maximum Gasteiger partial charge on any atom is 0.246 e. The third kappa shape index (κ3) is 2.54. The van der Waals surface area contributed by atoms with Gasteiger partial charge in [-0.15, -0.1) is 11.6 Å². The van der Waals surface area contributed by atoms with Gasteiger partial charge in [0.05, 0.1) is 6.61 Å². The van der Waals surface area contributed by atoms with Gasteiger partial charge in [-0.1, -0.05) is 0 Å². The summed E-state index contributed by atoms with van der Waals surface area (Å²) in [6, 6.07) is 0. The molecule has 1 aliphatic carbocycles. The van der Waals surface area contributed by atoms with Crippen molar-refractivity contribution in [2.75, 3.05) is 12.5 Å². The summed E-state index contributed by atoms with van der Waals surface area (Å²) in [5.41, 5.74) is 2.32. The van der Waals surface area contributed by atoms with Crippen molar-refractivity contribution in [2.45, 2.75) is 12.8 Å². The van der Waals surface area contributed by atoms with Crippen LogP contribution >= 0.6 is 11.6 Å². The summed E-state index contributed by atoms with van der Waals surface area (Å²) >= 11 is 5.30. The number of hydrogen-bond donors (Lipinski definition) is 1. The highest BCUT2D eigenvalue weighted by Crippen LogP contribution is 2.28. The minimum Gasteiger partial charge on any atom is -0.273 e. The molecule has 0 aliphatic heterocycles. The Balaban J connectivity index is 1.95. The average Bonchev–Trinajstić information content (AvgIpc) is 2.69. The first-order valence-electron chi connectivity index (χ1n) is 3.32. The fraction of sp³-hybridized carbons (Fsp3) is 0.833. The molecule has 0 aromatic rings. The van der Waals surface area contributed by atoms with E-state index >= 15 is 0 Å². The van der Waals surface area contributed by atoms with Crippen molar-refractivity contribution in [3.63, 3.8) is 0 Å². The molecule has 1 N–H and O–H groups in total. The molecule has 1 fully saturated rings. The van der Waals surface area contributed by atoms with Gasteiger partial charge in [0.1, 0.15) is 0 Å². The van der Waals surface area contributed by atoms with E-state index in [-0.39, 0.29) is 11.8 Å². The molecule has 0 spiro atoms. The number of alkyl halides is 1. The molecule has 4 heteroatoms. The van der Waals surface area contributed by atoms with Crippen LogP contribution in [0.1, 0.15) is 12.8 Å². The van der Waals surface area contributed by atoms with Crippen LogP contribution in [0.25, 0.3) is 0 Å². The number of carbonyl (C=O) groups excluding carboxylic acids is 1. The van der Waals surface area contributed by atoms with Gasteiger partial charge in [0.2, 0.25) is 5.91 Å². The molecule has 58 valence electrons. The lowest BCUT2D eigenvalue weighted by molar-refractivity contribution is -0.134. The van der Waals surface area contributed by atoms with Crippen LogP contribution in [0.15, 0.2) is 0 Å². The fourth-order valence-electron chi connectivity index (χ4n) is 0.590. The van der Waals surface area contributed by atoms with Crippen molar-refractivity contribution in [1.82, 2.24) is 5.48 Å². The Kier molecular flexibility index (Phi) is 2.96. The molecule has 10 heavy (non-hydrogen) atoms. The van der Waals surface area contributed by atoms with Crippen LogP contribution in [0.2, 0.25) is 0 Å². The van der Waals surface area contributed by atoms with E-state index in [4.69, 9.17) is 16.4 Å². The largest absolute Gasteiger partial charge is 0.273 e. The predicted octanol–water partition coefficient (Wildman–Crippen LogP) is 0.683. The molecule has 0 aromatic carbocycles. The molecule has 0 radical (unpaired) electrons. The zero-order chi connectivity index (χ0) is 7.40. The molecule has 0 saturated heterocycles. The summed E-state index contributed by atoms with van der Waals surface area (Å²) in [4.78, 5) is 15.5. The Morgan fingerprint density at radius 2 is 2.40 bits per heavy atom. The van der Waals surface area contributed by atoms with E-state index in [1.54, 1.807) is 0 Å². The van der Waals surface area contributed by atoms with Crippen molar-refractivity contribution in [2.24, 2.45) is 5.92 Å². The van der Waals surface area contributed by atoms with E-state index in [0.717, 1.165) is 12.8 Å². The average molecular weight is 164 g/mol. The lowest BCUT2D eigenvalue weighted by Gasteiger charge is -2.01. The van der Waals surface area contributed by atoms with Crippen LogP contribution in [0, 0.1) is 5.92 Å². The van der Waals surface area contributed by atoms with E-state index in [0.29, 0.717) is 12.5 Å². The van der Waals surface area contributed by atoms with Gasteiger partial charge in [-0.2, -0.15) is 0 Å². The number of hydroxylamine groups is 1. The first kappa shape index (κ1) is 7.82. The number of halogens is 1. The lowest BCUT2D eigenvalue weighted by atomic mass is 10.4. The molecule has 1 saturated carbocycles. The maximum atomic E-state index is 10.8. The molecular formula is C6H10ClNO2. The van der Waals surface area contributed by atoms with Gasteiger partial charge >= 0.3 is 0 Å². The number of amides is 1. The molecule has 3 nitrogen and oxygen atoms in total. The summed E-state index contributed by atoms with van der Waals surface area (Å²) in [7, 11) is 0. The third-order valence-electron chi connectivity index (χ3n) is 1.30. The van der Waals surface area contributed by atoms with E-state index in [1.165, 1.54) is 0 Å². The van der Waals surface area contributed by atoms with Gasteiger partial charge in [0.25, 0.3) is 0 Å². The topological polar surface area (TPSA) is 38.3 Å². The SMILES string of the molecule is O=C(NOCCCl)C1CC1. The van der Waals surface area contributed by atoms with Gasteiger partial charge in [-0.05, 0) is 12.8 Å². The molecule has 0 aromatic heterocycles. The molecular weight excluding hydrogens is 154 g/mol. The van der Waals surface area contributed by atoms with Crippen molar-refractivity contribution in [1.29, 1.82) is 0 Å². The van der Waals surface area contributed by atoms with Crippen LogP contribution in [-0.2, 0) is 9.63 Å². The Morgan fingerprint density at radius 3 is 2.90 bits per heavy atom. The highest BCUT2D eigenvalue weighted by Gasteiger charge is 2.29. The van der Waals surface area contributed by atoms with Crippen LogP contribution in [0.3, 0.4) is 0 Å². The minimum absolute atomic E-state index is 0.00915. The Labute approximate surface area is 64.6 Å². The van der Waals surface area contributed by atoms with Gasteiger partial charge in [0.15, 0.2) is 0 Å². The van der Waals surface area contributed by atoms with Gasteiger partial charge in [0, 0.05) is 11.8 Å². The zero-order valence-electron chi connectivity index (χ0n) is 5.60. The second kappa shape index (κ2) is 3.78. The number of hydrogen-bond acceptors (Lipinski definition) is 2. The molecule has 1 aliphatic rings. The summed E-state index contributed by atoms with van der Waals surface area (Å²) in [6.07, 6.45) is 1.99. The maximum absolute atomic E-state index is 10.8. The zero-order valence-corrected chi connectivity index (χ0v) is 6.36. The van der Waals surface area contributed by atoms with E-state index in [1.807, 2.05) is 0 Å². The standard InChI is InChI=1S/C6H10ClNO2/c7-3-4-10-8-6(9)5-1-2-5/h5H,1-4H2,(H,8,9). The van der Waals surface area contributed by atoms with Crippen LogP contribution in [0.4, 0.5) is 0 Å². The number of nitrogens with one attached hydrogen (secondary N) is 1. The summed E-state index contributed by atoms with van der Waals surface area (Å²) in [6.45, 7) is 0.375. The molecule has 0 atom stereocenters. The fourth-order valence-corrected chi connectivity index (χ4v) is 0.667. The van der Waals surface area contributed by atoms with Crippen molar-refractivity contribution < 1.29 is 9.63 Å². The Bertz CT molecular complexity index is 125. The molecule has 1 rings (SSSR count). The van der Waals surface area contributed by atoms with E-state index < -0.39 is 0 Å². The molecule has 0 bridgehead atoms. The van der Waals surface area contributed by atoms with E-state index in [2.05, 4.69) is 5.48 Å². The first-order chi connectivity index (χ1) is 4.84. The summed E-state index contributed by atoms with van der Waals surface area (Å²) in [5.74, 6) is 0.603. The highest BCUT2D eigenvalue weighted by atomic mass is 35.5. The minimum atomic E-state index is -0.00915. The van der Waals surface area contributed by atoms with Crippen molar-refractivity contribution in [3.8, 4) is 0 Å². The normalized spacial score (nSPS) is 16.9. The second-order valence-corrected chi connectivity index (χ2v) is 2.66. The lowest BCUT2D eigenvalue weighted by Crippen LogP contribution is -2.25. The first-order valence-corrected chi connectivity index (χ1v) is 3.85. The van der Waals surface area contributed by atoms with Gasteiger partial charge in [-0.25, -0.2) is 5.48 Å². The Hall–Kier alpha value is -0.280. The molecule has 0 unspecified atom stereocenters. The van der Waals surface area contributed by atoms with Crippen LogP contribution in [0.5, 0.6) is 0 Å². The summed E-state index contributed by atoms with van der Waals surface area (Å²) in [5, 5.41) is 0. The van der Waals surface area contributed by atoms with Gasteiger partial charge < -0.3 is 0 Å². The van der Waals surface area contributed by atoms with Crippen molar-refractivity contribution >= 4 is 17.5 Å². The monoisotopic (exact) mass is 163 g/mol. The predicted molar refractivity (Wildman–Crippen MR) is 37.5 cm³/mol. The Morgan fingerprint density at radius 1 is 1.70 bits per heavy atom. The second-order valence-electron chi connectivity index (χ2n) is 2.28. The summed E-state index contributed by atoms with van der Waals surface area (Å²) < 4.78 is 0. The third-order valence-corrected chi connectivity index (χ3v) is 1.45. The smallest absolute Gasteiger partial charge is 0.246 e. The van der Waals surface area contributed by atoms with Crippen LogP contribution < -0.4 is 5.48 Å². The molecule has 0 heterocycles. The number of carbonyl (C=O) groups is 1.